The summed E-state index contributed by atoms with van der Waals surface area (Å²) in [6, 6.07) is 13.1. The lowest BCUT2D eigenvalue weighted by Gasteiger charge is -2.20. The van der Waals surface area contributed by atoms with Gasteiger partial charge in [0.25, 0.3) is 5.91 Å². The number of pyridine rings is 1. The van der Waals surface area contributed by atoms with Crippen LogP contribution in [0.5, 0.6) is 0 Å². The van der Waals surface area contributed by atoms with Crippen molar-refractivity contribution < 1.29 is 14.3 Å². The smallest absolute Gasteiger partial charge is 0.341 e. The van der Waals surface area contributed by atoms with Crippen LogP contribution in [0.25, 0.3) is 21.5 Å². The minimum atomic E-state index is -0.406. The van der Waals surface area contributed by atoms with Crippen LogP contribution in [0.4, 0.5) is 5.00 Å². The van der Waals surface area contributed by atoms with Crippen molar-refractivity contribution in [1.82, 2.24) is 4.98 Å². The Hall–Kier alpha value is -2.74. The molecule has 34 heavy (non-hydrogen) atoms. The lowest BCUT2D eigenvalue weighted by Crippen LogP contribution is -2.17. The molecular weight excluding hydrogens is 488 g/mol. The van der Waals surface area contributed by atoms with Crippen LogP contribution in [-0.2, 0) is 17.6 Å². The molecule has 5 nitrogen and oxygen atoms in total. The van der Waals surface area contributed by atoms with E-state index >= 15 is 0 Å². The molecule has 3 heterocycles. The first-order chi connectivity index (χ1) is 16.5. The number of benzene rings is 1. The highest BCUT2D eigenvalue weighted by atomic mass is 35.5. The Balaban J connectivity index is 1.57. The van der Waals surface area contributed by atoms with Gasteiger partial charge in [0.1, 0.15) is 5.00 Å². The van der Waals surface area contributed by atoms with Crippen molar-refractivity contribution in [2.75, 3.05) is 12.4 Å². The van der Waals surface area contributed by atoms with E-state index in [9.17, 15) is 9.59 Å². The number of hydrogen-bond acceptors (Lipinski definition) is 6. The van der Waals surface area contributed by atoms with Gasteiger partial charge < -0.3 is 10.1 Å². The number of nitrogens with one attached hydrogen (secondary N) is 1. The standard InChI is InChI=1S/C26H23ClN2O3S2/c1-3-14-8-9-16-21(12-14)34-25(23(16)26(31)32-2)29-24(30)17-13-19(20-10-11-22(27)33-20)28-18-7-5-4-6-15(17)18/h4-7,10-11,13-14H,3,8-9,12H2,1-2H3,(H,29,30)/t14-/m1/s1. The van der Waals surface area contributed by atoms with Crippen molar-refractivity contribution in [3.8, 4) is 10.6 Å². The Morgan fingerprint density at radius 3 is 2.76 bits per heavy atom. The lowest BCUT2D eigenvalue weighted by molar-refractivity contribution is 0.0601. The number of hydrogen-bond donors (Lipinski definition) is 1. The van der Waals surface area contributed by atoms with Crippen LogP contribution in [-0.4, -0.2) is 24.0 Å². The summed E-state index contributed by atoms with van der Waals surface area (Å²) < 4.78 is 5.75. The van der Waals surface area contributed by atoms with Crippen LogP contribution in [0.3, 0.4) is 0 Å². The summed E-state index contributed by atoms with van der Waals surface area (Å²) in [6.45, 7) is 2.19. The van der Waals surface area contributed by atoms with Crippen LogP contribution in [0, 0.1) is 5.92 Å². The topological polar surface area (TPSA) is 68.3 Å². The maximum Gasteiger partial charge on any atom is 0.341 e. The van der Waals surface area contributed by atoms with E-state index in [-0.39, 0.29) is 5.91 Å². The van der Waals surface area contributed by atoms with Crippen molar-refractivity contribution in [3.63, 3.8) is 0 Å². The molecule has 0 radical (unpaired) electrons. The summed E-state index contributed by atoms with van der Waals surface area (Å²) in [6.07, 6.45) is 3.90. The first-order valence-electron chi connectivity index (χ1n) is 11.2. The number of para-hydroxylation sites is 1. The Morgan fingerprint density at radius 1 is 1.21 bits per heavy atom. The van der Waals surface area contributed by atoms with Crippen molar-refractivity contribution in [2.24, 2.45) is 5.92 Å². The zero-order valence-corrected chi connectivity index (χ0v) is 21.2. The van der Waals surface area contributed by atoms with Gasteiger partial charge in [-0.3, -0.25) is 4.79 Å². The van der Waals surface area contributed by atoms with Gasteiger partial charge in [0.05, 0.1) is 38.7 Å². The molecule has 0 fully saturated rings. The Labute approximate surface area is 210 Å². The third kappa shape index (κ3) is 4.24. The molecule has 1 aliphatic rings. The third-order valence-corrected chi connectivity index (χ3v) is 8.77. The molecule has 1 N–H and O–H groups in total. The monoisotopic (exact) mass is 510 g/mol. The van der Waals surface area contributed by atoms with E-state index in [0.29, 0.717) is 32.1 Å². The van der Waals surface area contributed by atoms with Crippen LogP contribution in [0.1, 0.15) is 50.9 Å². The molecule has 0 saturated carbocycles. The molecule has 3 aromatic heterocycles. The van der Waals surface area contributed by atoms with Gasteiger partial charge in [-0.05, 0) is 55.0 Å². The normalized spacial score (nSPS) is 15.2. The number of methoxy groups -OCH3 is 1. The van der Waals surface area contributed by atoms with E-state index in [1.807, 2.05) is 36.4 Å². The Morgan fingerprint density at radius 2 is 2.03 bits per heavy atom. The van der Waals surface area contributed by atoms with Gasteiger partial charge in [-0.15, -0.1) is 22.7 Å². The van der Waals surface area contributed by atoms with Gasteiger partial charge in [0.15, 0.2) is 0 Å². The average Bonchev–Trinajstić information content (AvgIpc) is 3.45. The minimum absolute atomic E-state index is 0.279. The van der Waals surface area contributed by atoms with Gasteiger partial charge >= 0.3 is 5.97 Å². The van der Waals surface area contributed by atoms with E-state index in [1.54, 1.807) is 6.07 Å². The van der Waals surface area contributed by atoms with E-state index in [4.69, 9.17) is 21.3 Å². The third-order valence-electron chi connectivity index (χ3n) is 6.35. The van der Waals surface area contributed by atoms with Gasteiger partial charge in [0, 0.05) is 10.3 Å². The number of fused-ring (bicyclic) bond motifs is 2. The average molecular weight is 511 g/mol. The summed E-state index contributed by atoms with van der Waals surface area (Å²) in [7, 11) is 1.38. The minimum Gasteiger partial charge on any atom is -0.465 e. The summed E-state index contributed by atoms with van der Waals surface area (Å²) in [5, 5.41) is 4.34. The Kier molecular flexibility index (Phi) is 6.42. The summed E-state index contributed by atoms with van der Waals surface area (Å²) in [4.78, 5) is 33.1. The lowest BCUT2D eigenvalue weighted by atomic mass is 9.85. The van der Waals surface area contributed by atoms with Crippen molar-refractivity contribution in [2.45, 2.75) is 32.6 Å². The molecule has 4 aromatic rings. The molecule has 0 spiro atoms. The Bertz CT molecular complexity index is 1410. The number of rotatable bonds is 5. The second-order valence-corrected chi connectivity index (χ2v) is 11.2. The van der Waals surface area contributed by atoms with E-state index < -0.39 is 5.97 Å². The molecule has 8 heteroatoms. The molecule has 0 bridgehead atoms. The van der Waals surface area contributed by atoms with Crippen molar-refractivity contribution in [1.29, 1.82) is 0 Å². The van der Waals surface area contributed by atoms with E-state index in [1.165, 1.54) is 34.7 Å². The molecule has 1 aliphatic carbocycles. The predicted molar refractivity (Wildman–Crippen MR) is 139 cm³/mol. The molecule has 0 saturated heterocycles. The van der Waals surface area contributed by atoms with E-state index in [0.717, 1.165) is 47.0 Å². The quantitative estimate of drug-likeness (QED) is 0.287. The number of carbonyl (C=O) groups excluding carboxylic acids is 2. The van der Waals surface area contributed by atoms with Crippen LogP contribution in [0.15, 0.2) is 42.5 Å². The fourth-order valence-corrected chi connectivity index (χ4v) is 6.87. The maximum atomic E-state index is 13.6. The largest absolute Gasteiger partial charge is 0.465 e. The molecular formula is C26H23ClN2O3S2. The number of anilines is 1. The number of thiophene rings is 2. The second-order valence-electron chi connectivity index (χ2n) is 8.35. The predicted octanol–water partition coefficient (Wildman–Crippen LogP) is 7.23. The number of nitrogens with zero attached hydrogens (tertiary/aromatic N) is 1. The summed E-state index contributed by atoms with van der Waals surface area (Å²) >= 11 is 9.05. The number of carbonyl (C=O) groups is 2. The number of aromatic nitrogens is 1. The fraction of sp³-hybridized carbons (Fsp3) is 0.269. The second kappa shape index (κ2) is 9.49. The summed E-state index contributed by atoms with van der Waals surface area (Å²) in [5.41, 5.74) is 3.42. The number of amides is 1. The molecule has 174 valence electrons. The summed E-state index contributed by atoms with van der Waals surface area (Å²) in [5.74, 6) is -0.0842. The van der Waals surface area contributed by atoms with E-state index in [2.05, 4.69) is 12.2 Å². The number of esters is 1. The van der Waals surface area contributed by atoms with Crippen molar-refractivity contribution in [3.05, 3.63) is 68.4 Å². The molecule has 5 rings (SSSR count). The van der Waals surface area contributed by atoms with Gasteiger partial charge in [-0.25, -0.2) is 9.78 Å². The molecule has 1 amide bonds. The molecule has 0 aliphatic heterocycles. The van der Waals surface area contributed by atoms with Crippen LogP contribution in [0.2, 0.25) is 4.34 Å². The zero-order chi connectivity index (χ0) is 23.8. The van der Waals surface area contributed by atoms with Crippen LogP contribution >= 0.6 is 34.3 Å². The van der Waals surface area contributed by atoms with Gasteiger partial charge in [0.2, 0.25) is 0 Å². The highest BCUT2D eigenvalue weighted by Crippen LogP contribution is 2.41. The zero-order valence-electron chi connectivity index (χ0n) is 18.8. The fourth-order valence-electron chi connectivity index (χ4n) is 4.52. The maximum absolute atomic E-state index is 13.6. The highest BCUT2D eigenvalue weighted by molar-refractivity contribution is 7.19. The first kappa shape index (κ1) is 23.0. The number of ether oxygens (including phenoxy) is 1. The molecule has 0 unspecified atom stereocenters. The first-order valence-corrected chi connectivity index (χ1v) is 13.2. The van der Waals surface area contributed by atoms with Crippen molar-refractivity contribution >= 4 is 62.1 Å². The molecule has 1 atom stereocenters. The van der Waals surface area contributed by atoms with Crippen LogP contribution < -0.4 is 5.32 Å². The molecule has 1 aromatic carbocycles. The number of halogens is 1. The SMILES string of the molecule is CC[C@@H]1CCc2c(sc(NC(=O)c3cc(-c4ccc(Cl)s4)nc4ccccc34)c2C(=O)OC)C1. The van der Waals surface area contributed by atoms with Gasteiger partial charge in [-0.2, -0.15) is 0 Å². The van der Waals surface area contributed by atoms with Gasteiger partial charge in [-0.1, -0.05) is 43.1 Å². The highest BCUT2D eigenvalue weighted by Gasteiger charge is 2.30.